The number of nitrogens with one attached hydrogen (secondary N) is 1. The third kappa shape index (κ3) is 4.54. The monoisotopic (exact) mass is 460 g/mol. The first-order valence-corrected chi connectivity index (χ1v) is 12.0. The summed E-state index contributed by atoms with van der Waals surface area (Å²) in [5.41, 5.74) is 8.73. The summed E-state index contributed by atoms with van der Waals surface area (Å²) < 4.78 is 32.7. The minimum atomic E-state index is -3.94. The first-order chi connectivity index (χ1) is 14.7. The maximum absolute atomic E-state index is 13.2. The molecule has 1 amide bonds. The van der Waals surface area contributed by atoms with Crippen LogP contribution >= 0.6 is 11.8 Å². The first kappa shape index (κ1) is 22.7. The molecule has 3 aromatic rings. The molecule has 0 atom stereocenters. The van der Waals surface area contributed by atoms with Gasteiger partial charge in [-0.3, -0.25) is 4.79 Å². The van der Waals surface area contributed by atoms with Crippen LogP contribution in [0.5, 0.6) is 5.75 Å². The van der Waals surface area contributed by atoms with Gasteiger partial charge >= 0.3 is 0 Å². The maximum Gasteiger partial charge on any atom is 0.246 e. The molecule has 1 aromatic heterocycles. The summed E-state index contributed by atoms with van der Waals surface area (Å²) >= 11 is 1.15. The SMILES string of the molecule is COc1ccc(S(=O)(=O)c2c(SC)nn(CC(=O)Nc3c(C)cccc3C)c2N)cc1. The van der Waals surface area contributed by atoms with Gasteiger partial charge in [0, 0.05) is 5.69 Å². The van der Waals surface area contributed by atoms with Gasteiger partial charge in [0.05, 0.1) is 12.0 Å². The van der Waals surface area contributed by atoms with Crippen molar-refractivity contribution >= 4 is 39.0 Å². The second-order valence-electron chi connectivity index (χ2n) is 6.88. The molecule has 0 radical (unpaired) electrons. The second kappa shape index (κ2) is 9.03. The van der Waals surface area contributed by atoms with Crippen molar-refractivity contribution in [3.8, 4) is 5.75 Å². The Kier molecular flexibility index (Phi) is 6.61. The van der Waals surface area contributed by atoms with E-state index in [1.165, 1.54) is 23.9 Å². The van der Waals surface area contributed by atoms with Crippen molar-refractivity contribution in [3.63, 3.8) is 0 Å². The molecule has 164 valence electrons. The number of nitrogens with zero attached hydrogens (tertiary/aromatic N) is 2. The van der Waals surface area contributed by atoms with E-state index in [0.29, 0.717) is 5.75 Å². The number of carbonyl (C=O) groups excluding carboxylic acids is 1. The minimum absolute atomic E-state index is 0.0647. The highest BCUT2D eigenvalue weighted by Crippen LogP contribution is 2.34. The van der Waals surface area contributed by atoms with Crippen LogP contribution < -0.4 is 15.8 Å². The fourth-order valence-electron chi connectivity index (χ4n) is 3.14. The number of aromatic nitrogens is 2. The molecule has 0 unspecified atom stereocenters. The number of nitrogens with two attached hydrogens (primary N) is 1. The van der Waals surface area contributed by atoms with Gasteiger partial charge < -0.3 is 15.8 Å². The number of hydrogen-bond acceptors (Lipinski definition) is 7. The highest BCUT2D eigenvalue weighted by atomic mass is 32.2. The van der Waals surface area contributed by atoms with Gasteiger partial charge in [0.2, 0.25) is 15.7 Å². The number of ether oxygens (including phenoxy) is 1. The number of amides is 1. The molecule has 1 heterocycles. The van der Waals surface area contributed by atoms with E-state index in [2.05, 4.69) is 10.4 Å². The zero-order valence-electron chi connectivity index (χ0n) is 17.7. The van der Waals surface area contributed by atoms with Crippen LogP contribution in [-0.4, -0.2) is 37.5 Å². The Morgan fingerprint density at radius 2 is 1.77 bits per heavy atom. The smallest absolute Gasteiger partial charge is 0.246 e. The van der Waals surface area contributed by atoms with Gasteiger partial charge in [0.15, 0.2) is 0 Å². The summed E-state index contributed by atoms with van der Waals surface area (Å²) in [5, 5.41) is 7.36. The molecule has 0 aliphatic heterocycles. The molecule has 0 aliphatic carbocycles. The van der Waals surface area contributed by atoms with Crippen molar-refractivity contribution in [1.82, 2.24) is 9.78 Å². The first-order valence-electron chi connectivity index (χ1n) is 9.34. The normalized spacial score (nSPS) is 11.4. The van der Waals surface area contributed by atoms with Gasteiger partial charge in [-0.05, 0) is 55.5 Å². The van der Waals surface area contributed by atoms with E-state index < -0.39 is 9.84 Å². The van der Waals surface area contributed by atoms with Crippen molar-refractivity contribution in [2.45, 2.75) is 35.2 Å². The topological polar surface area (TPSA) is 116 Å². The number of anilines is 2. The van der Waals surface area contributed by atoms with E-state index in [-0.39, 0.29) is 33.1 Å². The van der Waals surface area contributed by atoms with E-state index in [1.54, 1.807) is 18.4 Å². The summed E-state index contributed by atoms with van der Waals surface area (Å²) in [7, 11) is -2.44. The number of methoxy groups -OCH3 is 1. The zero-order chi connectivity index (χ0) is 22.8. The Morgan fingerprint density at radius 3 is 2.32 bits per heavy atom. The molecule has 3 N–H and O–H groups in total. The molecule has 0 bridgehead atoms. The van der Waals surface area contributed by atoms with E-state index >= 15 is 0 Å². The summed E-state index contributed by atoms with van der Waals surface area (Å²) in [5.74, 6) is 0.0975. The zero-order valence-corrected chi connectivity index (χ0v) is 19.3. The van der Waals surface area contributed by atoms with Gasteiger partial charge in [-0.2, -0.15) is 5.10 Å². The number of sulfone groups is 1. The number of thioether (sulfide) groups is 1. The average molecular weight is 461 g/mol. The second-order valence-corrected chi connectivity index (χ2v) is 9.56. The molecular formula is C21H24N4O4S2. The molecule has 0 aliphatic rings. The molecule has 31 heavy (non-hydrogen) atoms. The molecule has 3 rings (SSSR count). The van der Waals surface area contributed by atoms with Gasteiger partial charge in [-0.25, -0.2) is 13.1 Å². The molecule has 8 nitrogen and oxygen atoms in total. The standard InChI is InChI=1S/C21H24N4O4S2/c1-13-6-5-7-14(2)18(13)23-17(26)12-25-20(22)19(21(24-25)30-4)31(27,28)16-10-8-15(29-3)9-11-16/h5-11H,12,22H2,1-4H3,(H,23,26). The Hall–Kier alpha value is -2.98. The minimum Gasteiger partial charge on any atom is -0.497 e. The third-order valence-corrected chi connectivity index (χ3v) is 7.42. The van der Waals surface area contributed by atoms with Crippen molar-refractivity contribution in [3.05, 3.63) is 53.6 Å². The van der Waals surface area contributed by atoms with Crippen molar-refractivity contribution < 1.29 is 17.9 Å². The van der Waals surface area contributed by atoms with Crippen LogP contribution in [-0.2, 0) is 21.2 Å². The molecule has 2 aromatic carbocycles. The van der Waals surface area contributed by atoms with Crippen LogP contribution in [0, 0.1) is 13.8 Å². The van der Waals surface area contributed by atoms with E-state index in [4.69, 9.17) is 10.5 Å². The third-order valence-electron chi connectivity index (χ3n) is 4.79. The summed E-state index contributed by atoms with van der Waals surface area (Å²) in [6.45, 7) is 3.58. The maximum atomic E-state index is 13.2. The van der Waals surface area contributed by atoms with Crippen LogP contribution in [0.15, 0.2) is 57.3 Å². The fourth-order valence-corrected chi connectivity index (χ4v) is 5.57. The molecule has 10 heteroatoms. The largest absolute Gasteiger partial charge is 0.497 e. The molecule has 0 saturated heterocycles. The molecule has 0 spiro atoms. The average Bonchev–Trinajstić information content (AvgIpc) is 3.06. The Morgan fingerprint density at radius 1 is 1.16 bits per heavy atom. The number of nitrogen functional groups attached to an aromatic ring is 1. The fraction of sp³-hybridized carbons (Fsp3) is 0.238. The van der Waals surface area contributed by atoms with E-state index in [0.717, 1.165) is 28.6 Å². The lowest BCUT2D eigenvalue weighted by molar-refractivity contribution is -0.116. The van der Waals surface area contributed by atoms with Crippen LogP contribution in [0.4, 0.5) is 11.5 Å². The van der Waals surface area contributed by atoms with Gasteiger partial charge in [-0.1, -0.05) is 18.2 Å². The molecular weight excluding hydrogens is 436 g/mol. The number of hydrogen-bond donors (Lipinski definition) is 2. The van der Waals surface area contributed by atoms with Crippen LogP contribution in [0.25, 0.3) is 0 Å². The van der Waals surface area contributed by atoms with Gasteiger partial charge in [-0.15, -0.1) is 11.8 Å². The number of para-hydroxylation sites is 1. The van der Waals surface area contributed by atoms with E-state index in [9.17, 15) is 13.2 Å². The quantitative estimate of drug-likeness (QED) is 0.520. The van der Waals surface area contributed by atoms with Crippen LogP contribution in [0.1, 0.15) is 11.1 Å². The van der Waals surface area contributed by atoms with Crippen LogP contribution in [0.3, 0.4) is 0 Å². The Balaban J connectivity index is 1.93. The predicted octanol–water partition coefficient (Wildman–Crippen LogP) is 3.28. The van der Waals surface area contributed by atoms with Crippen molar-refractivity contribution in [2.24, 2.45) is 0 Å². The van der Waals surface area contributed by atoms with Gasteiger partial charge in [0.25, 0.3) is 0 Å². The Labute approximate surface area is 185 Å². The number of carbonyl (C=O) groups is 1. The predicted molar refractivity (Wildman–Crippen MR) is 121 cm³/mol. The lowest BCUT2D eigenvalue weighted by atomic mass is 10.1. The van der Waals surface area contributed by atoms with Crippen molar-refractivity contribution in [1.29, 1.82) is 0 Å². The highest BCUT2D eigenvalue weighted by molar-refractivity contribution is 7.99. The highest BCUT2D eigenvalue weighted by Gasteiger charge is 2.29. The summed E-state index contributed by atoms with van der Waals surface area (Å²) in [6.07, 6.45) is 1.70. The number of rotatable bonds is 7. The lowest BCUT2D eigenvalue weighted by Gasteiger charge is -2.12. The number of benzene rings is 2. The van der Waals surface area contributed by atoms with Crippen LogP contribution in [0.2, 0.25) is 0 Å². The van der Waals surface area contributed by atoms with Crippen molar-refractivity contribution in [2.75, 3.05) is 24.4 Å². The number of aryl methyl sites for hydroxylation is 2. The Bertz CT molecular complexity index is 1200. The molecule has 0 fully saturated rings. The summed E-state index contributed by atoms with van der Waals surface area (Å²) in [6, 6.07) is 11.7. The summed E-state index contributed by atoms with van der Waals surface area (Å²) in [4.78, 5) is 12.6. The lowest BCUT2D eigenvalue weighted by Crippen LogP contribution is -2.21. The van der Waals surface area contributed by atoms with Gasteiger partial charge in [0.1, 0.15) is 28.0 Å². The molecule has 0 saturated carbocycles. The van der Waals surface area contributed by atoms with E-state index in [1.807, 2.05) is 32.0 Å².